The lowest BCUT2D eigenvalue weighted by Gasteiger charge is -2.16. The van der Waals surface area contributed by atoms with E-state index in [0.29, 0.717) is 11.3 Å². The van der Waals surface area contributed by atoms with Gasteiger partial charge in [-0.1, -0.05) is 18.2 Å². The Balaban J connectivity index is 2.33. The van der Waals surface area contributed by atoms with Crippen LogP contribution < -0.4 is 10.5 Å². The van der Waals surface area contributed by atoms with Crippen molar-refractivity contribution < 1.29 is 13.5 Å². The van der Waals surface area contributed by atoms with Crippen molar-refractivity contribution in [3.8, 4) is 5.75 Å². The number of rotatable bonds is 4. The fourth-order valence-corrected chi connectivity index (χ4v) is 2.43. The van der Waals surface area contributed by atoms with Crippen molar-refractivity contribution >= 4 is 15.9 Å². The summed E-state index contributed by atoms with van der Waals surface area (Å²) in [6.45, 7) is 0. The van der Waals surface area contributed by atoms with Crippen LogP contribution in [0.3, 0.4) is 0 Å². The van der Waals surface area contributed by atoms with Crippen molar-refractivity contribution in [1.29, 1.82) is 0 Å². The fourth-order valence-electron chi connectivity index (χ4n) is 2.06. The van der Waals surface area contributed by atoms with Gasteiger partial charge < -0.3 is 10.5 Å². The van der Waals surface area contributed by atoms with Gasteiger partial charge in [-0.25, -0.2) is 8.78 Å². The summed E-state index contributed by atoms with van der Waals surface area (Å²) < 4.78 is 33.1. The third-order valence-electron chi connectivity index (χ3n) is 3.10. The second kappa shape index (κ2) is 6.33. The lowest BCUT2D eigenvalue weighted by atomic mass is 9.98. The van der Waals surface area contributed by atoms with Crippen LogP contribution in [-0.2, 0) is 6.42 Å². The predicted molar refractivity (Wildman–Crippen MR) is 77.7 cm³/mol. The molecular formula is C15H14BrF2NO. The van der Waals surface area contributed by atoms with E-state index in [9.17, 15) is 8.78 Å². The minimum atomic E-state index is -0.615. The monoisotopic (exact) mass is 341 g/mol. The minimum absolute atomic E-state index is 0.0298. The molecule has 1 atom stereocenters. The summed E-state index contributed by atoms with van der Waals surface area (Å²) in [5.41, 5.74) is 6.75. The zero-order chi connectivity index (χ0) is 14.7. The van der Waals surface area contributed by atoms with Crippen LogP contribution in [-0.4, -0.2) is 7.11 Å². The number of halogens is 3. The van der Waals surface area contributed by atoms with E-state index < -0.39 is 17.7 Å². The molecule has 0 bridgehead atoms. The fraction of sp³-hybridized carbons (Fsp3) is 0.200. The van der Waals surface area contributed by atoms with Crippen LogP contribution in [0, 0.1) is 11.6 Å². The molecule has 0 aliphatic rings. The SMILES string of the molecule is COc1ccccc1C(N)Cc1c(F)ccc(Br)c1F. The number of para-hydroxylation sites is 1. The highest BCUT2D eigenvalue weighted by atomic mass is 79.9. The lowest BCUT2D eigenvalue weighted by molar-refractivity contribution is 0.404. The molecule has 2 N–H and O–H groups in total. The Bertz CT molecular complexity index is 619. The number of hydrogen-bond acceptors (Lipinski definition) is 2. The molecule has 0 amide bonds. The molecule has 2 aromatic carbocycles. The van der Waals surface area contributed by atoms with E-state index in [1.165, 1.54) is 19.2 Å². The molecule has 0 spiro atoms. The molecule has 20 heavy (non-hydrogen) atoms. The average molecular weight is 342 g/mol. The van der Waals surface area contributed by atoms with Crippen LogP contribution in [0.2, 0.25) is 0 Å². The predicted octanol–water partition coefficient (Wildman–Crippen LogP) is 3.98. The van der Waals surface area contributed by atoms with Gasteiger partial charge in [0.25, 0.3) is 0 Å². The van der Waals surface area contributed by atoms with Gasteiger partial charge in [0.1, 0.15) is 17.4 Å². The standard InChI is InChI=1S/C15H14BrF2NO/c1-20-14-5-3-2-4-9(14)13(19)8-10-12(17)7-6-11(16)15(10)18/h2-7,13H,8,19H2,1H3. The van der Waals surface area contributed by atoms with E-state index in [1.54, 1.807) is 12.1 Å². The van der Waals surface area contributed by atoms with E-state index in [1.807, 2.05) is 12.1 Å². The third-order valence-corrected chi connectivity index (χ3v) is 3.71. The summed E-state index contributed by atoms with van der Waals surface area (Å²) in [6.07, 6.45) is 0.0531. The third kappa shape index (κ3) is 2.99. The molecule has 106 valence electrons. The van der Waals surface area contributed by atoms with Crippen LogP contribution in [0.1, 0.15) is 17.2 Å². The first-order chi connectivity index (χ1) is 9.54. The topological polar surface area (TPSA) is 35.2 Å². The van der Waals surface area contributed by atoms with E-state index in [4.69, 9.17) is 10.5 Å². The molecule has 0 saturated heterocycles. The van der Waals surface area contributed by atoms with Crippen molar-refractivity contribution in [3.05, 3.63) is 63.6 Å². The first kappa shape index (κ1) is 14.9. The summed E-state index contributed by atoms with van der Waals surface area (Å²) in [6, 6.07) is 9.19. The highest BCUT2D eigenvalue weighted by molar-refractivity contribution is 9.10. The minimum Gasteiger partial charge on any atom is -0.496 e. The van der Waals surface area contributed by atoms with Crippen molar-refractivity contribution in [2.24, 2.45) is 5.73 Å². The normalized spacial score (nSPS) is 12.2. The molecular weight excluding hydrogens is 328 g/mol. The van der Waals surface area contributed by atoms with E-state index in [0.717, 1.165) is 0 Å². The van der Waals surface area contributed by atoms with E-state index in [2.05, 4.69) is 15.9 Å². The Hall–Kier alpha value is -1.46. The van der Waals surface area contributed by atoms with Crippen LogP contribution in [0.4, 0.5) is 8.78 Å². The number of nitrogens with two attached hydrogens (primary N) is 1. The zero-order valence-corrected chi connectivity index (χ0v) is 12.5. The molecule has 2 rings (SSSR count). The van der Waals surface area contributed by atoms with Crippen molar-refractivity contribution in [2.45, 2.75) is 12.5 Å². The van der Waals surface area contributed by atoms with Gasteiger partial charge in [-0.15, -0.1) is 0 Å². The Morgan fingerprint density at radius 3 is 2.60 bits per heavy atom. The molecule has 2 nitrogen and oxygen atoms in total. The molecule has 5 heteroatoms. The Kier molecular flexibility index (Phi) is 4.73. The molecule has 2 aromatic rings. The summed E-state index contributed by atoms with van der Waals surface area (Å²) in [4.78, 5) is 0. The van der Waals surface area contributed by atoms with Crippen LogP contribution >= 0.6 is 15.9 Å². The molecule has 0 saturated carbocycles. The Labute approximate surface area is 124 Å². The maximum atomic E-state index is 13.9. The van der Waals surface area contributed by atoms with Crippen molar-refractivity contribution in [1.82, 2.24) is 0 Å². The van der Waals surface area contributed by atoms with E-state index in [-0.39, 0.29) is 16.5 Å². The summed E-state index contributed by atoms with van der Waals surface area (Å²) in [7, 11) is 1.53. The summed E-state index contributed by atoms with van der Waals surface area (Å²) in [5.74, 6) is -0.609. The lowest BCUT2D eigenvalue weighted by Crippen LogP contribution is -2.16. The molecule has 1 unspecified atom stereocenters. The van der Waals surface area contributed by atoms with Crippen molar-refractivity contribution in [2.75, 3.05) is 7.11 Å². The molecule has 0 aliphatic heterocycles. The van der Waals surface area contributed by atoms with Gasteiger partial charge in [-0.05, 0) is 40.5 Å². The highest BCUT2D eigenvalue weighted by Crippen LogP contribution is 2.29. The molecule has 0 heterocycles. The molecule has 0 fully saturated rings. The first-order valence-electron chi connectivity index (χ1n) is 6.05. The zero-order valence-electron chi connectivity index (χ0n) is 10.9. The van der Waals surface area contributed by atoms with Gasteiger partial charge >= 0.3 is 0 Å². The summed E-state index contributed by atoms with van der Waals surface area (Å²) in [5, 5.41) is 0. The largest absolute Gasteiger partial charge is 0.496 e. The molecule has 0 aliphatic carbocycles. The van der Waals surface area contributed by atoms with Gasteiger partial charge in [-0.2, -0.15) is 0 Å². The molecule has 0 aromatic heterocycles. The van der Waals surface area contributed by atoms with Gasteiger partial charge in [0, 0.05) is 17.2 Å². The number of ether oxygens (including phenoxy) is 1. The number of benzene rings is 2. The van der Waals surface area contributed by atoms with Crippen LogP contribution in [0.15, 0.2) is 40.9 Å². The van der Waals surface area contributed by atoms with Gasteiger partial charge in [0.2, 0.25) is 0 Å². The van der Waals surface area contributed by atoms with Gasteiger partial charge in [0.05, 0.1) is 11.6 Å². The van der Waals surface area contributed by atoms with E-state index >= 15 is 0 Å². The summed E-state index contributed by atoms with van der Waals surface area (Å²) >= 11 is 3.05. The number of hydrogen-bond donors (Lipinski definition) is 1. The molecule has 0 radical (unpaired) electrons. The Morgan fingerprint density at radius 2 is 1.90 bits per heavy atom. The highest BCUT2D eigenvalue weighted by Gasteiger charge is 2.18. The maximum Gasteiger partial charge on any atom is 0.143 e. The second-order valence-corrected chi connectivity index (χ2v) is 5.23. The number of methoxy groups -OCH3 is 1. The van der Waals surface area contributed by atoms with Crippen LogP contribution in [0.25, 0.3) is 0 Å². The Morgan fingerprint density at radius 1 is 1.20 bits per heavy atom. The van der Waals surface area contributed by atoms with Crippen LogP contribution in [0.5, 0.6) is 5.75 Å². The first-order valence-corrected chi connectivity index (χ1v) is 6.84. The van der Waals surface area contributed by atoms with Gasteiger partial charge in [-0.3, -0.25) is 0 Å². The second-order valence-electron chi connectivity index (χ2n) is 4.37. The average Bonchev–Trinajstić information content (AvgIpc) is 2.47. The maximum absolute atomic E-state index is 13.9. The quantitative estimate of drug-likeness (QED) is 0.853. The smallest absolute Gasteiger partial charge is 0.143 e. The van der Waals surface area contributed by atoms with Crippen molar-refractivity contribution in [3.63, 3.8) is 0 Å². The van der Waals surface area contributed by atoms with Gasteiger partial charge in [0.15, 0.2) is 0 Å².